The van der Waals surface area contributed by atoms with Crippen molar-refractivity contribution in [1.29, 1.82) is 0 Å². The van der Waals surface area contributed by atoms with E-state index in [9.17, 15) is 26.4 Å². The summed E-state index contributed by atoms with van der Waals surface area (Å²) >= 11 is 0. The van der Waals surface area contributed by atoms with Crippen LogP contribution in [0.2, 0.25) is 0 Å². The monoisotopic (exact) mass is 755 g/mol. The molecule has 0 saturated carbocycles. The molecule has 0 aliphatic heterocycles. The Bertz CT molecular complexity index is 1190. The van der Waals surface area contributed by atoms with Gasteiger partial charge in [0.1, 0.15) is 0 Å². The molecule has 10 heteroatoms. The van der Waals surface area contributed by atoms with Gasteiger partial charge in [0.05, 0.1) is 18.9 Å². The van der Waals surface area contributed by atoms with Crippen LogP contribution in [-0.2, 0) is 34.4 Å². The minimum Gasteiger partial charge on any atom is -0.454 e. The molecular formula is C41H73NO7S2. The molecule has 0 bridgehead atoms. The number of unbranched alkanes of at least 4 members (excludes halogenated alkanes) is 16. The molecule has 0 aromatic heterocycles. The van der Waals surface area contributed by atoms with Gasteiger partial charge >= 0.3 is 5.97 Å². The van der Waals surface area contributed by atoms with Crippen molar-refractivity contribution < 1.29 is 31.2 Å². The molecule has 0 fully saturated rings. The second kappa shape index (κ2) is 32.6. The zero-order valence-corrected chi connectivity index (χ0v) is 34.3. The smallest absolute Gasteiger partial charge is 0.307 e. The number of ketones is 1. The molecule has 8 nitrogen and oxygen atoms in total. The van der Waals surface area contributed by atoms with Gasteiger partial charge in [-0.25, -0.2) is 16.8 Å². The standard InChI is InChI=1S/C41H73NO7S2/c1-5-7-9-11-13-15-17-19-21-23-25-27-29-31-33-35-39(43)40(49-41(44)37-38-42(50(3,45)46)51(4,47)48)36-34-32-30-28-26-24-22-20-18-16-14-12-10-8-6-2/h13-16,19-22,40H,5-12,17-18,23-38H2,1-4H3/b15-13-,16-14-,21-19-,22-20-. The molecule has 0 heterocycles. The van der Waals surface area contributed by atoms with E-state index in [-0.39, 0.29) is 5.78 Å². The number of allylic oxidation sites excluding steroid dienone is 8. The summed E-state index contributed by atoms with van der Waals surface area (Å²) in [7, 11) is -8.15. The molecule has 0 aliphatic carbocycles. The lowest BCUT2D eigenvalue weighted by Gasteiger charge is -2.19. The second-order valence-electron chi connectivity index (χ2n) is 13.7. The number of hydrogen-bond donors (Lipinski definition) is 0. The number of nitrogens with zero attached hydrogens (tertiary/aromatic N) is 1. The predicted octanol–water partition coefficient (Wildman–Crippen LogP) is 10.7. The van der Waals surface area contributed by atoms with Crippen molar-refractivity contribution >= 4 is 31.8 Å². The summed E-state index contributed by atoms with van der Waals surface area (Å²) in [5, 5.41) is 0. The number of carbonyl (C=O) groups is 2. The van der Waals surface area contributed by atoms with Crippen LogP contribution in [0.1, 0.15) is 174 Å². The largest absolute Gasteiger partial charge is 0.454 e. The lowest BCUT2D eigenvalue weighted by molar-refractivity contribution is -0.155. The third kappa shape index (κ3) is 31.2. The number of ether oxygens (including phenoxy) is 1. The molecule has 1 unspecified atom stereocenters. The lowest BCUT2D eigenvalue weighted by Crippen LogP contribution is -2.37. The molecule has 0 aliphatic rings. The van der Waals surface area contributed by atoms with Crippen LogP contribution in [0.15, 0.2) is 48.6 Å². The topological polar surface area (TPSA) is 115 Å². The fraction of sp³-hybridized carbons (Fsp3) is 0.756. The van der Waals surface area contributed by atoms with Crippen LogP contribution in [0.3, 0.4) is 0 Å². The van der Waals surface area contributed by atoms with E-state index in [2.05, 4.69) is 62.5 Å². The van der Waals surface area contributed by atoms with Crippen LogP contribution < -0.4 is 0 Å². The van der Waals surface area contributed by atoms with Gasteiger partial charge in [0.15, 0.2) is 11.9 Å². The number of Topliss-reactive ketones (excluding diaryl/α,β-unsaturated/α-hetero) is 1. The van der Waals surface area contributed by atoms with Crippen LogP contribution in [0.25, 0.3) is 0 Å². The lowest BCUT2D eigenvalue weighted by atomic mass is 10.0. The predicted molar refractivity (Wildman–Crippen MR) is 215 cm³/mol. The number of sulfonamides is 2. The Morgan fingerprint density at radius 2 is 0.922 bits per heavy atom. The van der Waals surface area contributed by atoms with E-state index in [4.69, 9.17) is 4.74 Å². The first-order valence-electron chi connectivity index (χ1n) is 19.9. The fourth-order valence-electron chi connectivity index (χ4n) is 5.68. The maximum atomic E-state index is 13.1. The first-order chi connectivity index (χ1) is 24.4. The van der Waals surface area contributed by atoms with Crippen molar-refractivity contribution in [2.24, 2.45) is 0 Å². The summed E-state index contributed by atoms with van der Waals surface area (Å²) in [6.45, 7) is 3.89. The maximum absolute atomic E-state index is 13.1. The maximum Gasteiger partial charge on any atom is 0.307 e. The Morgan fingerprint density at radius 1 is 0.529 bits per heavy atom. The van der Waals surface area contributed by atoms with Crippen molar-refractivity contribution in [3.05, 3.63) is 48.6 Å². The van der Waals surface area contributed by atoms with Crippen LogP contribution in [0.5, 0.6) is 0 Å². The number of carbonyl (C=O) groups excluding carboxylic acids is 2. The van der Waals surface area contributed by atoms with Gasteiger partial charge in [0, 0.05) is 13.0 Å². The molecule has 0 amide bonds. The average Bonchev–Trinajstić information content (AvgIpc) is 3.06. The van der Waals surface area contributed by atoms with Crippen molar-refractivity contribution in [2.45, 2.75) is 180 Å². The van der Waals surface area contributed by atoms with Crippen LogP contribution in [-0.4, -0.2) is 57.5 Å². The molecule has 0 aromatic carbocycles. The second-order valence-corrected chi connectivity index (χ2v) is 17.8. The van der Waals surface area contributed by atoms with E-state index in [1.54, 1.807) is 0 Å². The molecule has 0 N–H and O–H groups in total. The zero-order valence-electron chi connectivity index (χ0n) is 32.7. The summed E-state index contributed by atoms with van der Waals surface area (Å²) in [6, 6.07) is 0. The van der Waals surface area contributed by atoms with Crippen molar-refractivity contribution in [2.75, 3.05) is 19.1 Å². The van der Waals surface area contributed by atoms with E-state index >= 15 is 0 Å². The third-order valence-corrected chi connectivity index (χ3v) is 12.1. The highest BCUT2D eigenvalue weighted by Crippen LogP contribution is 2.17. The van der Waals surface area contributed by atoms with Gasteiger partial charge in [0.25, 0.3) is 0 Å². The fourth-order valence-corrected chi connectivity index (χ4v) is 8.49. The van der Waals surface area contributed by atoms with Crippen LogP contribution in [0, 0.1) is 0 Å². The Morgan fingerprint density at radius 3 is 1.35 bits per heavy atom. The van der Waals surface area contributed by atoms with Gasteiger partial charge in [-0.3, -0.25) is 9.59 Å². The van der Waals surface area contributed by atoms with E-state index in [1.165, 1.54) is 44.9 Å². The first kappa shape index (κ1) is 49.0. The third-order valence-electron chi connectivity index (χ3n) is 8.66. The Hall–Kier alpha value is -2.04. The molecule has 0 rings (SSSR count). The van der Waals surface area contributed by atoms with Crippen molar-refractivity contribution in [1.82, 2.24) is 3.71 Å². The van der Waals surface area contributed by atoms with Crippen molar-refractivity contribution in [3.8, 4) is 0 Å². The Labute approximate surface area is 313 Å². The highest BCUT2D eigenvalue weighted by Gasteiger charge is 2.29. The molecule has 0 aromatic rings. The minimum absolute atomic E-state index is 0.123. The van der Waals surface area contributed by atoms with Gasteiger partial charge in [-0.1, -0.05) is 130 Å². The molecule has 0 spiro atoms. The van der Waals surface area contributed by atoms with Crippen LogP contribution in [0.4, 0.5) is 0 Å². The normalized spacial score (nSPS) is 13.4. The van der Waals surface area contributed by atoms with E-state index in [0.717, 1.165) is 109 Å². The van der Waals surface area contributed by atoms with E-state index in [0.29, 0.717) is 16.6 Å². The van der Waals surface area contributed by atoms with Gasteiger partial charge in [-0.15, -0.1) is 0 Å². The molecule has 0 saturated heterocycles. The first-order valence-corrected chi connectivity index (χ1v) is 23.6. The van der Waals surface area contributed by atoms with E-state index < -0.39 is 45.1 Å². The molecule has 0 radical (unpaired) electrons. The molecule has 51 heavy (non-hydrogen) atoms. The quantitative estimate of drug-likeness (QED) is 0.0359. The summed E-state index contributed by atoms with van der Waals surface area (Å²) in [4.78, 5) is 25.8. The summed E-state index contributed by atoms with van der Waals surface area (Å²) in [5.41, 5.74) is 0. The number of esters is 1. The van der Waals surface area contributed by atoms with E-state index in [1.807, 2.05) is 0 Å². The molecule has 1 atom stereocenters. The van der Waals surface area contributed by atoms with Gasteiger partial charge < -0.3 is 4.74 Å². The highest BCUT2D eigenvalue weighted by atomic mass is 32.3. The van der Waals surface area contributed by atoms with Crippen LogP contribution >= 0.6 is 0 Å². The SMILES string of the molecule is CCCCC/C=C\C/C=C\CCCCCCCC(=O)C(CCCCCCC/C=C\C/C=C\CCCCC)OC(=O)CCN(S(C)(=O)=O)S(C)(=O)=O. The highest BCUT2D eigenvalue weighted by molar-refractivity contribution is 8.03. The Kier molecular flexibility index (Phi) is 31.3. The summed E-state index contributed by atoms with van der Waals surface area (Å²) < 4.78 is 53.6. The van der Waals surface area contributed by atoms with Crippen molar-refractivity contribution in [3.63, 3.8) is 0 Å². The molecular weight excluding hydrogens is 683 g/mol. The minimum atomic E-state index is -4.08. The Balaban J connectivity index is 4.62. The van der Waals surface area contributed by atoms with Gasteiger partial charge in [0.2, 0.25) is 20.0 Å². The summed E-state index contributed by atoms with van der Waals surface area (Å²) in [5.74, 6) is -0.894. The van der Waals surface area contributed by atoms with Gasteiger partial charge in [-0.2, -0.15) is 0 Å². The average molecular weight is 756 g/mol. The van der Waals surface area contributed by atoms with Gasteiger partial charge in [-0.05, 0) is 83.5 Å². The molecule has 296 valence electrons. The number of hydrogen-bond acceptors (Lipinski definition) is 7. The number of rotatable bonds is 35. The summed E-state index contributed by atoms with van der Waals surface area (Å²) in [6.07, 6.45) is 42.7. The zero-order chi connectivity index (χ0) is 38.1.